The molecule has 1 aliphatic heterocycles. The van der Waals surface area contributed by atoms with E-state index in [2.05, 4.69) is 9.82 Å². The van der Waals surface area contributed by atoms with Gasteiger partial charge in [0, 0.05) is 32.2 Å². The quantitative estimate of drug-likeness (QED) is 0.167. The second-order valence-electron chi connectivity index (χ2n) is 13.0. The molecule has 0 unspecified atom stereocenters. The van der Waals surface area contributed by atoms with Gasteiger partial charge >= 0.3 is 0 Å². The van der Waals surface area contributed by atoms with Crippen molar-refractivity contribution >= 4 is 73.3 Å². The third-order valence-corrected chi connectivity index (χ3v) is 11.9. The Hall–Kier alpha value is -5.20. The summed E-state index contributed by atoms with van der Waals surface area (Å²) < 4.78 is 30.3. The summed E-state index contributed by atoms with van der Waals surface area (Å²) in [7, 11) is -2.69. The van der Waals surface area contributed by atoms with Crippen LogP contribution in [0.15, 0.2) is 108 Å². The van der Waals surface area contributed by atoms with Gasteiger partial charge in [-0.3, -0.25) is 14.4 Å². The Morgan fingerprint density at radius 1 is 0.833 bits per heavy atom. The average molecular weight is 801 g/mol. The maximum Gasteiger partial charge on any atom is 0.275 e. The molecule has 1 aliphatic rings. The summed E-state index contributed by atoms with van der Waals surface area (Å²) in [6.07, 6.45) is 0.623. The number of fused-ring (bicyclic) bond motifs is 2. The van der Waals surface area contributed by atoms with Gasteiger partial charge in [-0.05, 0) is 83.3 Å². The number of hydrogen-bond donors (Lipinski definition) is 1. The van der Waals surface area contributed by atoms with Crippen molar-refractivity contribution in [2.24, 2.45) is 0 Å². The lowest BCUT2D eigenvalue weighted by Crippen LogP contribution is -2.37. The summed E-state index contributed by atoms with van der Waals surface area (Å²) in [4.78, 5) is 44.7. The average Bonchev–Trinajstić information content (AvgIpc) is 3.47. The van der Waals surface area contributed by atoms with Crippen LogP contribution in [0.5, 0.6) is 0 Å². The van der Waals surface area contributed by atoms with Crippen LogP contribution < -0.4 is 4.72 Å². The van der Waals surface area contributed by atoms with Gasteiger partial charge in [0.2, 0.25) is 0 Å². The molecule has 0 atom stereocenters. The number of carbonyl (C=O) groups is 3. The Bertz CT molecular complexity index is 2610. The Morgan fingerprint density at radius 3 is 2.31 bits per heavy atom. The van der Waals surface area contributed by atoms with Gasteiger partial charge in [-0.15, -0.1) is 0 Å². The molecular weight excluding hydrogens is 769 g/mol. The molecule has 5 aromatic carbocycles. The fraction of sp³-hybridized carbons (Fsp3) is 0.150. The lowest BCUT2D eigenvalue weighted by molar-refractivity contribution is 0.0734. The molecule has 0 aliphatic carbocycles. The predicted molar refractivity (Wildman–Crippen MR) is 209 cm³/mol. The van der Waals surface area contributed by atoms with Gasteiger partial charge < -0.3 is 9.80 Å². The van der Waals surface area contributed by atoms with Gasteiger partial charge in [-0.25, -0.2) is 17.8 Å². The molecule has 2 heterocycles. The third-order valence-electron chi connectivity index (χ3n) is 9.39. The number of amides is 3. The molecule has 0 bridgehead atoms. The predicted octanol–water partition coefficient (Wildman–Crippen LogP) is 7.88. The summed E-state index contributed by atoms with van der Waals surface area (Å²) >= 11 is 19.0. The van der Waals surface area contributed by atoms with E-state index in [1.807, 2.05) is 36.4 Å². The molecule has 14 heteroatoms. The van der Waals surface area contributed by atoms with Crippen LogP contribution in [0.25, 0.3) is 16.5 Å². The van der Waals surface area contributed by atoms with Crippen molar-refractivity contribution in [3.63, 3.8) is 0 Å². The van der Waals surface area contributed by atoms with Crippen LogP contribution in [0, 0.1) is 6.92 Å². The zero-order valence-electron chi connectivity index (χ0n) is 29.0. The first-order valence-electron chi connectivity index (χ1n) is 16.8. The minimum atomic E-state index is -4.29. The highest BCUT2D eigenvalue weighted by atomic mass is 35.5. The molecule has 3 amide bonds. The van der Waals surface area contributed by atoms with Crippen molar-refractivity contribution in [1.82, 2.24) is 24.3 Å². The molecular formula is C40H32Cl3N5O5S. The fourth-order valence-electron chi connectivity index (χ4n) is 6.47. The standard InChI is InChI=1S/C40H32Cl3N5O5S/c1-24-36(43)37(40(51)46(2)22-25-11-15-33(41)34(42)19-25)44-48(24)35-16-13-29(21-32(35)39(50)47-18-17-27-8-4-6-10-30(27)23-47)38(49)45-54(52,53)31-14-12-26-7-3-5-9-28(26)20-31/h3-16,19-21H,17-18,22-23H2,1-2H3,(H,45,49). The number of carbonyl (C=O) groups excluding carboxylic acids is 3. The lowest BCUT2D eigenvalue weighted by atomic mass is 9.98. The Morgan fingerprint density at radius 2 is 1.56 bits per heavy atom. The van der Waals surface area contributed by atoms with Gasteiger partial charge in [0.25, 0.3) is 27.7 Å². The zero-order valence-corrected chi connectivity index (χ0v) is 32.1. The molecule has 0 fully saturated rings. The van der Waals surface area contributed by atoms with Crippen molar-refractivity contribution in [3.8, 4) is 5.69 Å². The minimum absolute atomic E-state index is 0.0506. The number of rotatable bonds is 8. The van der Waals surface area contributed by atoms with E-state index in [0.717, 1.165) is 22.1 Å². The molecule has 54 heavy (non-hydrogen) atoms. The SMILES string of the molecule is Cc1c(Cl)c(C(=O)N(C)Cc2ccc(Cl)c(Cl)c2)nn1-c1ccc(C(=O)NS(=O)(=O)c2ccc3ccccc3c2)cc1C(=O)N1CCc2ccccc2C1. The van der Waals surface area contributed by atoms with Gasteiger partial charge in [-0.2, -0.15) is 5.10 Å². The van der Waals surface area contributed by atoms with Crippen LogP contribution >= 0.6 is 34.8 Å². The first-order chi connectivity index (χ1) is 25.8. The number of hydrogen-bond acceptors (Lipinski definition) is 6. The second kappa shape index (κ2) is 14.9. The summed E-state index contributed by atoms with van der Waals surface area (Å²) in [6, 6.07) is 29.0. The molecule has 0 saturated heterocycles. The maximum atomic E-state index is 14.4. The van der Waals surface area contributed by atoms with E-state index < -0.39 is 27.7 Å². The normalized spacial score (nSPS) is 12.7. The Balaban J connectivity index is 1.23. The van der Waals surface area contributed by atoms with E-state index in [-0.39, 0.29) is 39.0 Å². The molecule has 0 radical (unpaired) electrons. The number of halogens is 3. The minimum Gasteiger partial charge on any atom is -0.336 e. The largest absolute Gasteiger partial charge is 0.336 e. The lowest BCUT2D eigenvalue weighted by Gasteiger charge is -2.29. The van der Waals surface area contributed by atoms with Crippen LogP contribution in [-0.2, 0) is 29.5 Å². The zero-order chi connectivity index (χ0) is 38.3. The molecule has 274 valence electrons. The molecule has 7 rings (SSSR count). The monoisotopic (exact) mass is 799 g/mol. The van der Waals surface area contributed by atoms with Crippen LogP contribution in [0.1, 0.15) is 53.6 Å². The second-order valence-corrected chi connectivity index (χ2v) is 15.9. The summed E-state index contributed by atoms with van der Waals surface area (Å²) in [5.74, 6) is -1.83. The van der Waals surface area contributed by atoms with E-state index in [0.29, 0.717) is 40.6 Å². The topological polar surface area (TPSA) is 122 Å². The maximum absolute atomic E-state index is 14.4. The van der Waals surface area contributed by atoms with Crippen LogP contribution in [0.4, 0.5) is 0 Å². The van der Waals surface area contributed by atoms with Crippen molar-refractivity contribution in [3.05, 3.63) is 157 Å². The van der Waals surface area contributed by atoms with Gasteiger partial charge in [0.1, 0.15) is 0 Å². The van der Waals surface area contributed by atoms with Crippen LogP contribution in [-0.4, -0.2) is 59.3 Å². The fourth-order valence-corrected chi connectivity index (χ4v) is 7.99. The summed E-state index contributed by atoms with van der Waals surface area (Å²) in [5, 5.41) is 6.94. The summed E-state index contributed by atoms with van der Waals surface area (Å²) in [5.41, 5.74) is 3.43. The highest BCUT2D eigenvalue weighted by Gasteiger charge is 2.29. The van der Waals surface area contributed by atoms with Gasteiger partial charge in [-0.1, -0.05) is 95.5 Å². The smallest absolute Gasteiger partial charge is 0.275 e. The van der Waals surface area contributed by atoms with Crippen molar-refractivity contribution < 1.29 is 22.8 Å². The van der Waals surface area contributed by atoms with E-state index in [1.54, 1.807) is 55.3 Å². The van der Waals surface area contributed by atoms with Gasteiger partial charge in [0.05, 0.1) is 36.9 Å². The number of aromatic nitrogens is 2. The van der Waals surface area contributed by atoms with Gasteiger partial charge in [0.15, 0.2) is 5.69 Å². The molecule has 1 aromatic heterocycles. The first kappa shape index (κ1) is 37.1. The van der Waals surface area contributed by atoms with E-state index in [1.165, 1.54) is 39.9 Å². The number of sulfonamides is 1. The Labute approximate surface area is 326 Å². The third kappa shape index (κ3) is 7.32. The van der Waals surface area contributed by atoms with Crippen molar-refractivity contribution in [2.45, 2.75) is 31.3 Å². The highest BCUT2D eigenvalue weighted by Crippen LogP contribution is 2.30. The molecule has 1 N–H and O–H groups in total. The van der Waals surface area contributed by atoms with Crippen LogP contribution in [0.3, 0.4) is 0 Å². The van der Waals surface area contributed by atoms with E-state index >= 15 is 0 Å². The summed E-state index contributed by atoms with van der Waals surface area (Å²) in [6.45, 7) is 2.57. The van der Waals surface area contributed by atoms with E-state index in [4.69, 9.17) is 34.8 Å². The van der Waals surface area contributed by atoms with E-state index in [9.17, 15) is 22.8 Å². The molecule has 10 nitrogen and oxygen atoms in total. The highest BCUT2D eigenvalue weighted by molar-refractivity contribution is 7.90. The van der Waals surface area contributed by atoms with Crippen molar-refractivity contribution in [2.75, 3.05) is 13.6 Å². The number of nitrogens with one attached hydrogen (secondary N) is 1. The molecule has 0 saturated carbocycles. The van der Waals surface area contributed by atoms with Crippen molar-refractivity contribution in [1.29, 1.82) is 0 Å². The van der Waals surface area contributed by atoms with Crippen LogP contribution in [0.2, 0.25) is 15.1 Å². The Kier molecular flexibility index (Phi) is 10.3. The number of nitrogens with zero attached hydrogens (tertiary/aromatic N) is 4. The molecule has 6 aromatic rings. The first-order valence-corrected chi connectivity index (χ1v) is 19.4. The molecule has 0 spiro atoms. The number of benzene rings is 5.